The molecule has 0 fully saturated rings. The number of hydrogen-bond donors (Lipinski definition) is 1. The Kier molecular flexibility index (Phi) is 4.87. The normalized spacial score (nSPS) is 13.3. The highest BCUT2D eigenvalue weighted by Gasteiger charge is 2.18. The van der Waals surface area contributed by atoms with Crippen LogP contribution in [0, 0.1) is 5.82 Å². The van der Waals surface area contributed by atoms with E-state index < -0.39 is 11.9 Å². The zero-order valence-corrected chi connectivity index (χ0v) is 11.9. The van der Waals surface area contributed by atoms with Gasteiger partial charge in [0.05, 0.1) is 6.04 Å². The lowest BCUT2D eigenvalue weighted by molar-refractivity contribution is -0.128. The second-order valence-corrected chi connectivity index (χ2v) is 4.70. The topological polar surface area (TPSA) is 51.2 Å². The van der Waals surface area contributed by atoms with E-state index in [0.717, 1.165) is 5.56 Å². The van der Waals surface area contributed by atoms with E-state index in [1.807, 2.05) is 19.1 Å². The molecule has 2 atom stereocenters. The molecule has 110 valence electrons. The van der Waals surface area contributed by atoms with Crippen molar-refractivity contribution in [3.63, 3.8) is 0 Å². The van der Waals surface area contributed by atoms with Crippen molar-refractivity contribution in [2.24, 2.45) is 0 Å². The highest BCUT2D eigenvalue weighted by molar-refractivity contribution is 5.81. The van der Waals surface area contributed by atoms with Gasteiger partial charge in [0.15, 0.2) is 17.7 Å². The predicted molar refractivity (Wildman–Crippen MR) is 77.3 cm³/mol. The Morgan fingerprint density at radius 3 is 2.52 bits per heavy atom. The molecular formula is C16H17FN2O2. The summed E-state index contributed by atoms with van der Waals surface area (Å²) < 4.78 is 18.8. The summed E-state index contributed by atoms with van der Waals surface area (Å²) in [5.74, 6) is -0.724. The molecule has 0 aliphatic carbocycles. The van der Waals surface area contributed by atoms with Crippen LogP contribution >= 0.6 is 0 Å². The molecule has 2 aromatic rings. The molecule has 21 heavy (non-hydrogen) atoms. The first-order chi connectivity index (χ1) is 10.1. The molecule has 1 amide bonds. The third-order valence-corrected chi connectivity index (χ3v) is 3.07. The summed E-state index contributed by atoms with van der Waals surface area (Å²) in [6.45, 7) is 3.45. The molecule has 0 saturated heterocycles. The number of aromatic nitrogens is 1. The van der Waals surface area contributed by atoms with Crippen LogP contribution in [0.25, 0.3) is 0 Å². The monoisotopic (exact) mass is 288 g/mol. The summed E-state index contributed by atoms with van der Waals surface area (Å²) in [4.78, 5) is 16.0. The number of amides is 1. The fourth-order valence-corrected chi connectivity index (χ4v) is 1.85. The van der Waals surface area contributed by atoms with Crippen molar-refractivity contribution < 1.29 is 13.9 Å². The Morgan fingerprint density at radius 1 is 1.19 bits per heavy atom. The molecule has 4 nitrogen and oxygen atoms in total. The number of rotatable bonds is 5. The Balaban J connectivity index is 1.95. The summed E-state index contributed by atoms with van der Waals surface area (Å²) in [5, 5.41) is 2.82. The summed E-state index contributed by atoms with van der Waals surface area (Å²) in [5.41, 5.74) is 0.941. The van der Waals surface area contributed by atoms with Gasteiger partial charge < -0.3 is 10.1 Å². The van der Waals surface area contributed by atoms with Gasteiger partial charge in [-0.2, -0.15) is 0 Å². The van der Waals surface area contributed by atoms with E-state index in [4.69, 9.17) is 4.74 Å². The molecule has 0 aliphatic heterocycles. The van der Waals surface area contributed by atoms with E-state index in [2.05, 4.69) is 10.3 Å². The van der Waals surface area contributed by atoms with E-state index >= 15 is 0 Å². The minimum Gasteiger partial charge on any atom is -0.478 e. The van der Waals surface area contributed by atoms with Crippen molar-refractivity contribution in [2.75, 3.05) is 0 Å². The lowest BCUT2D eigenvalue weighted by Crippen LogP contribution is -2.37. The molecule has 0 bridgehead atoms. The molecular weight excluding hydrogens is 271 g/mol. The zero-order chi connectivity index (χ0) is 15.2. The summed E-state index contributed by atoms with van der Waals surface area (Å²) in [6.07, 6.45) is 2.54. The van der Waals surface area contributed by atoms with Crippen LogP contribution in [0.4, 0.5) is 4.39 Å². The van der Waals surface area contributed by atoms with Crippen molar-refractivity contribution in [1.29, 1.82) is 0 Å². The van der Waals surface area contributed by atoms with Crippen molar-refractivity contribution in [2.45, 2.75) is 26.0 Å². The van der Waals surface area contributed by atoms with Gasteiger partial charge in [0.1, 0.15) is 0 Å². The van der Waals surface area contributed by atoms with Crippen LogP contribution in [0.2, 0.25) is 0 Å². The number of para-hydroxylation sites is 1. The second-order valence-electron chi connectivity index (χ2n) is 4.70. The van der Waals surface area contributed by atoms with Crippen LogP contribution in [-0.4, -0.2) is 17.0 Å². The molecule has 0 unspecified atom stereocenters. The van der Waals surface area contributed by atoms with Crippen molar-refractivity contribution in [3.05, 3.63) is 60.2 Å². The maximum atomic E-state index is 13.5. The standard InChI is InChI=1S/C16H17FN2O2/c1-11(13-7-9-18-10-8-13)19-16(20)12(2)21-15-6-4-3-5-14(15)17/h3-12H,1-2H3,(H,19,20)/t11-,12+/m1/s1. The third kappa shape index (κ3) is 4.02. The van der Waals surface area contributed by atoms with E-state index in [1.165, 1.54) is 12.1 Å². The summed E-state index contributed by atoms with van der Waals surface area (Å²) in [7, 11) is 0. The largest absolute Gasteiger partial charge is 0.478 e. The second kappa shape index (κ2) is 6.83. The van der Waals surface area contributed by atoms with Gasteiger partial charge in [-0.25, -0.2) is 4.39 Å². The van der Waals surface area contributed by atoms with E-state index in [1.54, 1.807) is 31.5 Å². The van der Waals surface area contributed by atoms with Gasteiger partial charge in [-0.05, 0) is 43.7 Å². The van der Waals surface area contributed by atoms with E-state index in [-0.39, 0.29) is 17.7 Å². The maximum Gasteiger partial charge on any atom is 0.261 e. The molecule has 0 radical (unpaired) electrons. The molecule has 1 aromatic heterocycles. The maximum absolute atomic E-state index is 13.5. The molecule has 2 rings (SSSR count). The SMILES string of the molecule is C[C@H](Oc1ccccc1F)C(=O)N[C@H](C)c1ccncc1. The first-order valence-electron chi connectivity index (χ1n) is 6.69. The van der Waals surface area contributed by atoms with Gasteiger partial charge in [0, 0.05) is 12.4 Å². The number of nitrogens with zero attached hydrogens (tertiary/aromatic N) is 1. The first-order valence-corrected chi connectivity index (χ1v) is 6.69. The Labute approximate surface area is 123 Å². The minimum absolute atomic E-state index is 0.0664. The van der Waals surface area contributed by atoms with Gasteiger partial charge in [-0.3, -0.25) is 9.78 Å². The van der Waals surface area contributed by atoms with Crippen LogP contribution < -0.4 is 10.1 Å². The Morgan fingerprint density at radius 2 is 1.86 bits per heavy atom. The minimum atomic E-state index is -0.786. The molecule has 0 saturated carbocycles. The summed E-state index contributed by atoms with van der Waals surface area (Å²) >= 11 is 0. The average molecular weight is 288 g/mol. The molecule has 0 spiro atoms. The quantitative estimate of drug-likeness (QED) is 0.920. The fourth-order valence-electron chi connectivity index (χ4n) is 1.85. The number of nitrogens with one attached hydrogen (secondary N) is 1. The number of carbonyl (C=O) groups is 1. The third-order valence-electron chi connectivity index (χ3n) is 3.07. The fraction of sp³-hybridized carbons (Fsp3) is 0.250. The number of benzene rings is 1. The van der Waals surface area contributed by atoms with Crippen LogP contribution in [0.5, 0.6) is 5.75 Å². The number of pyridine rings is 1. The first kappa shape index (κ1) is 15.0. The van der Waals surface area contributed by atoms with Crippen molar-refractivity contribution in [3.8, 4) is 5.75 Å². The van der Waals surface area contributed by atoms with E-state index in [0.29, 0.717) is 0 Å². The number of carbonyl (C=O) groups excluding carboxylic acids is 1. The number of halogens is 1. The van der Waals surface area contributed by atoms with Crippen LogP contribution in [-0.2, 0) is 4.79 Å². The highest BCUT2D eigenvalue weighted by atomic mass is 19.1. The van der Waals surface area contributed by atoms with Gasteiger partial charge in [0.25, 0.3) is 5.91 Å². The number of ether oxygens (including phenoxy) is 1. The lowest BCUT2D eigenvalue weighted by atomic mass is 10.1. The average Bonchev–Trinajstić information content (AvgIpc) is 2.50. The van der Waals surface area contributed by atoms with Crippen LogP contribution in [0.15, 0.2) is 48.8 Å². The zero-order valence-electron chi connectivity index (χ0n) is 11.9. The Bertz CT molecular complexity index is 604. The molecule has 1 heterocycles. The van der Waals surface area contributed by atoms with Crippen LogP contribution in [0.1, 0.15) is 25.5 Å². The summed E-state index contributed by atoms with van der Waals surface area (Å²) in [6, 6.07) is 9.49. The van der Waals surface area contributed by atoms with Crippen molar-refractivity contribution in [1.82, 2.24) is 10.3 Å². The van der Waals surface area contributed by atoms with Crippen molar-refractivity contribution >= 4 is 5.91 Å². The number of hydrogen-bond acceptors (Lipinski definition) is 3. The predicted octanol–water partition coefficient (Wildman–Crippen LogP) is 2.87. The van der Waals surface area contributed by atoms with Gasteiger partial charge in [-0.1, -0.05) is 12.1 Å². The molecule has 0 aliphatic rings. The van der Waals surface area contributed by atoms with E-state index in [9.17, 15) is 9.18 Å². The smallest absolute Gasteiger partial charge is 0.261 e. The molecule has 5 heteroatoms. The van der Waals surface area contributed by atoms with Gasteiger partial charge in [0.2, 0.25) is 0 Å². The highest BCUT2D eigenvalue weighted by Crippen LogP contribution is 2.17. The van der Waals surface area contributed by atoms with Crippen LogP contribution in [0.3, 0.4) is 0 Å². The van der Waals surface area contributed by atoms with Gasteiger partial charge in [-0.15, -0.1) is 0 Å². The molecule has 1 aromatic carbocycles. The van der Waals surface area contributed by atoms with Gasteiger partial charge >= 0.3 is 0 Å². The Hall–Kier alpha value is -2.43. The lowest BCUT2D eigenvalue weighted by Gasteiger charge is -2.19. The molecule has 1 N–H and O–H groups in total.